The van der Waals surface area contributed by atoms with Gasteiger partial charge in [0.25, 0.3) is 0 Å². The maximum absolute atomic E-state index is 11.6. The molecule has 5 nitrogen and oxygen atoms in total. The Morgan fingerprint density at radius 1 is 1.21 bits per heavy atom. The molecule has 0 aliphatic rings. The summed E-state index contributed by atoms with van der Waals surface area (Å²) in [7, 11) is 0. The molecule has 0 saturated carbocycles. The highest BCUT2D eigenvalue weighted by Gasteiger charge is 2.25. The summed E-state index contributed by atoms with van der Waals surface area (Å²) in [6, 6.07) is 9.43. The average molecular weight is 286 g/mol. The summed E-state index contributed by atoms with van der Waals surface area (Å²) in [5, 5.41) is 5.65. The molecule has 19 heavy (non-hydrogen) atoms. The van der Waals surface area contributed by atoms with Crippen LogP contribution in [-0.2, 0) is 9.59 Å². The van der Waals surface area contributed by atoms with Crippen molar-refractivity contribution in [3.05, 3.63) is 30.3 Å². The number of benzene rings is 1. The zero-order valence-electron chi connectivity index (χ0n) is 11.1. The van der Waals surface area contributed by atoms with Gasteiger partial charge in [-0.15, -0.1) is 12.4 Å². The number of carbonyl (C=O) groups is 2. The number of halogens is 1. The van der Waals surface area contributed by atoms with Crippen LogP contribution in [0.3, 0.4) is 0 Å². The number of hydrogen-bond donors (Lipinski definition) is 3. The molecule has 0 bridgehead atoms. The standard InChI is InChI=1S/C13H19N3O2.ClH/c1-13(2,12(14)18)9-16-11(17)8-15-10-6-4-3-5-7-10;/h3-7,15H,8-9H2,1-2H3,(H2,14,18)(H,16,17);1H. The number of carbonyl (C=O) groups excluding carboxylic acids is 2. The molecule has 0 radical (unpaired) electrons. The van der Waals surface area contributed by atoms with Crippen molar-refractivity contribution in [1.82, 2.24) is 5.32 Å². The summed E-state index contributed by atoms with van der Waals surface area (Å²) in [4.78, 5) is 22.6. The lowest BCUT2D eigenvalue weighted by molar-refractivity contribution is -0.126. The van der Waals surface area contributed by atoms with Crippen LogP contribution < -0.4 is 16.4 Å². The van der Waals surface area contributed by atoms with Crippen molar-refractivity contribution in [3.8, 4) is 0 Å². The Morgan fingerprint density at radius 2 is 1.79 bits per heavy atom. The van der Waals surface area contributed by atoms with E-state index < -0.39 is 11.3 Å². The van der Waals surface area contributed by atoms with E-state index in [2.05, 4.69) is 10.6 Å². The molecule has 1 rings (SSSR count). The van der Waals surface area contributed by atoms with Gasteiger partial charge in [-0.25, -0.2) is 0 Å². The van der Waals surface area contributed by atoms with Crippen LogP contribution in [-0.4, -0.2) is 24.9 Å². The van der Waals surface area contributed by atoms with Crippen molar-refractivity contribution >= 4 is 29.9 Å². The predicted octanol–water partition coefficient (Wildman–Crippen LogP) is 1.15. The molecule has 0 aromatic heterocycles. The van der Waals surface area contributed by atoms with Gasteiger partial charge in [-0.3, -0.25) is 9.59 Å². The highest BCUT2D eigenvalue weighted by molar-refractivity contribution is 5.85. The van der Waals surface area contributed by atoms with Gasteiger partial charge in [0.05, 0.1) is 12.0 Å². The van der Waals surface area contributed by atoms with E-state index in [1.165, 1.54) is 0 Å². The lowest BCUT2D eigenvalue weighted by Gasteiger charge is -2.20. The second-order valence-electron chi connectivity index (χ2n) is 4.74. The van der Waals surface area contributed by atoms with Crippen LogP contribution in [0.5, 0.6) is 0 Å². The maximum atomic E-state index is 11.6. The first-order valence-electron chi connectivity index (χ1n) is 5.77. The summed E-state index contributed by atoms with van der Waals surface area (Å²) in [5.74, 6) is -0.605. The van der Waals surface area contributed by atoms with Gasteiger partial charge in [-0.05, 0) is 26.0 Å². The van der Waals surface area contributed by atoms with Crippen LogP contribution >= 0.6 is 12.4 Å². The van der Waals surface area contributed by atoms with Gasteiger partial charge in [-0.2, -0.15) is 0 Å². The minimum atomic E-state index is -0.734. The molecule has 106 valence electrons. The normalized spacial score (nSPS) is 10.2. The van der Waals surface area contributed by atoms with E-state index in [-0.39, 0.29) is 31.4 Å². The van der Waals surface area contributed by atoms with E-state index in [9.17, 15) is 9.59 Å². The fourth-order valence-electron chi connectivity index (χ4n) is 1.21. The van der Waals surface area contributed by atoms with E-state index >= 15 is 0 Å². The zero-order valence-corrected chi connectivity index (χ0v) is 11.9. The Kier molecular flexibility index (Phi) is 6.93. The number of rotatable bonds is 6. The highest BCUT2D eigenvalue weighted by atomic mass is 35.5. The van der Waals surface area contributed by atoms with E-state index in [1.54, 1.807) is 13.8 Å². The van der Waals surface area contributed by atoms with Crippen LogP contribution in [0.4, 0.5) is 5.69 Å². The molecule has 6 heteroatoms. The number of anilines is 1. The highest BCUT2D eigenvalue weighted by Crippen LogP contribution is 2.11. The van der Waals surface area contributed by atoms with Gasteiger partial charge in [0, 0.05) is 12.2 Å². The summed E-state index contributed by atoms with van der Waals surface area (Å²) in [5.41, 5.74) is 5.36. The number of primary amides is 1. The number of nitrogens with one attached hydrogen (secondary N) is 2. The molecule has 1 aromatic carbocycles. The molecule has 0 spiro atoms. The molecule has 4 N–H and O–H groups in total. The number of para-hydroxylation sites is 1. The number of hydrogen-bond acceptors (Lipinski definition) is 3. The maximum Gasteiger partial charge on any atom is 0.239 e. The zero-order chi connectivity index (χ0) is 13.6. The SMILES string of the molecule is CC(C)(CNC(=O)CNc1ccccc1)C(N)=O.Cl. The van der Waals surface area contributed by atoms with E-state index in [0.29, 0.717) is 0 Å². The first-order valence-corrected chi connectivity index (χ1v) is 5.77. The second-order valence-corrected chi connectivity index (χ2v) is 4.74. The molecule has 1 aromatic rings. The Balaban J connectivity index is 0.00000324. The first kappa shape index (κ1) is 17.2. The molecule has 0 unspecified atom stereocenters. The molecule has 0 fully saturated rings. The molecule has 0 heterocycles. The molecule has 0 aliphatic heterocycles. The van der Waals surface area contributed by atoms with Crippen molar-refractivity contribution in [2.24, 2.45) is 11.1 Å². The summed E-state index contributed by atoms with van der Waals surface area (Å²) < 4.78 is 0. The van der Waals surface area contributed by atoms with Crippen LogP contribution in [0.25, 0.3) is 0 Å². The van der Waals surface area contributed by atoms with Crippen molar-refractivity contribution < 1.29 is 9.59 Å². The van der Waals surface area contributed by atoms with Gasteiger partial charge >= 0.3 is 0 Å². The quantitative estimate of drug-likeness (QED) is 0.733. The molecule has 0 aliphatic carbocycles. The Hall–Kier alpha value is -1.75. The van der Waals surface area contributed by atoms with Crippen LogP contribution in [0.15, 0.2) is 30.3 Å². The predicted molar refractivity (Wildman–Crippen MR) is 78.2 cm³/mol. The van der Waals surface area contributed by atoms with E-state index in [0.717, 1.165) is 5.69 Å². The van der Waals surface area contributed by atoms with Gasteiger partial charge in [0.2, 0.25) is 11.8 Å². The molecule has 0 atom stereocenters. The van der Waals surface area contributed by atoms with Crippen LogP contribution in [0.2, 0.25) is 0 Å². The van der Waals surface area contributed by atoms with E-state index in [1.807, 2.05) is 30.3 Å². The third-order valence-corrected chi connectivity index (χ3v) is 2.62. The average Bonchev–Trinajstić information content (AvgIpc) is 2.35. The molecular formula is C13H20ClN3O2. The summed E-state index contributed by atoms with van der Waals surface area (Å²) >= 11 is 0. The minimum Gasteiger partial charge on any atom is -0.376 e. The monoisotopic (exact) mass is 285 g/mol. The van der Waals surface area contributed by atoms with Crippen LogP contribution in [0.1, 0.15) is 13.8 Å². The fourth-order valence-corrected chi connectivity index (χ4v) is 1.21. The van der Waals surface area contributed by atoms with Crippen molar-refractivity contribution in [1.29, 1.82) is 0 Å². The van der Waals surface area contributed by atoms with Gasteiger partial charge < -0.3 is 16.4 Å². The lowest BCUT2D eigenvalue weighted by Crippen LogP contribution is -2.43. The Labute approximate surface area is 119 Å². The van der Waals surface area contributed by atoms with Crippen molar-refractivity contribution in [2.75, 3.05) is 18.4 Å². The number of nitrogens with two attached hydrogens (primary N) is 1. The van der Waals surface area contributed by atoms with Gasteiger partial charge in [0.1, 0.15) is 0 Å². The molecule has 0 saturated heterocycles. The van der Waals surface area contributed by atoms with Gasteiger partial charge in [-0.1, -0.05) is 18.2 Å². The minimum absolute atomic E-state index is 0. The second kappa shape index (κ2) is 7.63. The Morgan fingerprint density at radius 3 is 2.32 bits per heavy atom. The summed E-state index contributed by atoms with van der Waals surface area (Å²) in [6.45, 7) is 3.79. The molecular weight excluding hydrogens is 266 g/mol. The molecule has 2 amide bonds. The van der Waals surface area contributed by atoms with E-state index in [4.69, 9.17) is 5.73 Å². The Bertz CT molecular complexity index is 421. The number of amides is 2. The third-order valence-electron chi connectivity index (χ3n) is 2.62. The topological polar surface area (TPSA) is 84.2 Å². The smallest absolute Gasteiger partial charge is 0.239 e. The largest absolute Gasteiger partial charge is 0.376 e. The first-order chi connectivity index (χ1) is 8.42. The lowest BCUT2D eigenvalue weighted by atomic mass is 9.93. The van der Waals surface area contributed by atoms with Gasteiger partial charge in [0.15, 0.2) is 0 Å². The van der Waals surface area contributed by atoms with Crippen molar-refractivity contribution in [3.63, 3.8) is 0 Å². The third kappa shape index (κ3) is 6.10. The van der Waals surface area contributed by atoms with Crippen LogP contribution in [0, 0.1) is 5.41 Å². The summed E-state index contributed by atoms with van der Waals surface area (Å²) in [6.07, 6.45) is 0. The fraction of sp³-hybridized carbons (Fsp3) is 0.385. The van der Waals surface area contributed by atoms with Crippen molar-refractivity contribution in [2.45, 2.75) is 13.8 Å².